The van der Waals surface area contributed by atoms with E-state index in [9.17, 15) is 9.59 Å². The van der Waals surface area contributed by atoms with Crippen molar-refractivity contribution in [2.75, 3.05) is 59.9 Å². The number of amides is 2. The minimum atomic E-state index is -0.175. The number of likely N-dealkylation sites (tertiary alicyclic amines) is 1. The van der Waals surface area contributed by atoms with E-state index in [0.29, 0.717) is 19.5 Å². The number of piperazine rings is 1. The van der Waals surface area contributed by atoms with E-state index in [-0.39, 0.29) is 17.7 Å². The normalized spacial score (nSPS) is 21.8. The molecule has 2 aliphatic rings. The van der Waals surface area contributed by atoms with Crippen LogP contribution in [0.25, 0.3) is 0 Å². The SMILES string of the molecule is CN(C)CCN1CC(C(=O)N2CCN(Cc3nccn3C)CC2)CC1=O. The topological polar surface area (TPSA) is 64.9 Å². The van der Waals surface area contributed by atoms with Crippen molar-refractivity contribution in [3.63, 3.8) is 0 Å². The highest BCUT2D eigenvalue weighted by Gasteiger charge is 2.37. The van der Waals surface area contributed by atoms with Gasteiger partial charge < -0.3 is 19.3 Å². The van der Waals surface area contributed by atoms with Gasteiger partial charge >= 0.3 is 0 Å². The molecule has 3 heterocycles. The van der Waals surface area contributed by atoms with Crippen LogP contribution in [0.5, 0.6) is 0 Å². The van der Waals surface area contributed by atoms with Crippen LogP contribution in [0.4, 0.5) is 0 Å². The van der Waals surface area contributed by atoms with Crippen LogP contribution in [0.15, 0.2) is 12.4 Å². The Kier molecular flexibility index (Phi) is 5.93. The number of likely N-dealkylation sites (N-methyl/N-ethyl adjacent to an activating group) is 1. The first-order chi connectivity index (χ1) is 12.4. The molecule has 0 spiro atoms. The minimum Gasteiger partial charge on any atom is -0.341 e. The van der Waals surface area contributed by atoms with Gasteiger partial charge in [0.1, 0.15) is 5.82 Å². The fraction of sp³-hybridized carbons (Fsp3) is 0.722. The van der Waals surface area contributed by atoms with E-state index in [2.05, 4.69) is 14.8 Å². The Morgan fingerprint density at radius 1 is 1.27 bits per heavy atom. The van der Waals surface area contributed by atoms with E-state index in [1.165, 1.54) is 0 Å². The van der Waals surface area contributed by atoms with Gasteiger partial charge in [0, 0.05) is 71.7 Å². The van der Waals surface area contributed by atoms with E-state index >= 15 is 0 Å². The van der Waals surface area contributed by atoms with Crippen molar-refractivity contribution in [2.24, 2.45) is 13.0 Å². The van der Waals surface area contributed by atoms with Crippen molar-refractivity contribution in [2.45, 2.75) is 13.0 Å². The second-order valence-electron chi connectivity index (χ2n) is 7.60. The molecule has 0 aromatic carbocycles. The standard InChI is InChI=1S/C18H30N6O2/c1-20(2)6-9-24-13-15(12-17(24)25)18(26)23-10-7-22(8-11-23)14-16-19-4-5-21(16)3/h4-5,15H,6-14H2,1-3H3. The molecule has 8 nitrogen and oxygen atoms in total. The van der Waals surface area contributed by atoms with Gasteiger partial charge in [-0.25, -0.2) is 4.98 Å². The molecule has 1 aromatic heterocycles. The second kappa shape index (κ2) is 8.18. The molecule has 8 heteroatoms. The molecular formula is C18H30N6O2. The number of hydrogen-bond acceptors (Lipinski definition) is 5. The van der Waals surface area contributed by atoms with Crippen molar-refractivity contribution in [1.29, 1.82) is 0 Å². The van der Waals surface area contributed by atoms with Crippen molar-refractivity contribution in [3.05, 3.63) is 18.2 Å². The monoisotopic (exact) mass is 362 g/mol. The minimum absolute atomic E-state index is 0.110. The molecule has 2 saturated heterocycles. The lowest BCUT2D eigenvalue weighted by molar-refractivity contribution is -0.137. The van der Waals surface area contributed by atoms with Crippen LogP contribution in [0, 0.1) is 5.92 Å². The van der Waals surface area contributed by atoms with Gasteiger partial charge in [-0.2, -0.15) is 0 Å². The first kappa shape index (κ1) is 18.8. The fourth-order valence-corrected chi connectivity index (χ4v) is 3.61. The third-order valence-electron chi connectivity index (χ3n) is 5.35. The van der Waals surface area contributed by atoms with Gasteiger partial charge in [0.05, 0.1) is 12.5 Å². The zero-order chi connectivity index (χ0) is 18.7. The highest BCUT2D eigenvalue weighted by molar-refractivity contribution is 5.89. The number of aryl methyl sites for hydroxylation is 1. The summed E-state index contributed by atoms with van der Waals surface area (Å²) >= 11 is 0. The van der Waals surface area contributed by atoms with Crippen LogP contribution in [-0.2, 0) is 23.2 Å². The maximum atomic E-state index is 12.8. The second-order valence-corrected chi connectivity index (χ2v) is 7.60. The Morgan fingerprint density at radius 2 is 2.00 bits per heavy atom. The van der Waals surface area contributed by atoms with E-state index in [1.54, 1.807) is 0 Å². The number of carbonyl (C=O) groups is 2. The Morgan fingerprint density at radius 3 is 2.62 bits per heavy atom. The van der Waals surface area contributed by atoms with Crippen molar-refractivity contribution < 1.29 is 9.59 Å². The zero-order valence-corrected chi connectivity index (χ0v) is 16.1. The quantitative estimate of drug-likeness (QED) is 0.681. The molecule has 2 fully saturated rings. The molecule has 3 rings (SSSR count). The lowest BCUT2D eigenvalue weighted by Crippen LogP contribution is -2.50. The molecule has 26 heavy (non-hydrogen) atoms. The average molecular weight is 362 g/mol. The van der Waals surface area contributed by atoms with Crippen LogP contribution < -0.4 is 0 Å². The van der Waals surface area contributed by atoms with E-state index < -0.39 is 0 Å². The largest absolute Gasteiger partial charge is 0.341 e. The molecule has 2 amide bonds. The summed E-state index contributed by atoms with van der Waals surface area (Å²) in [5, 5.41) is 0. The smallest absolute Gasteiger partial charge is 0.228 e. The summed E-state index contributed by atoms with van der Waals surface area (Å²) in [5.74, 6) is 1.12. The van der Waals surface area contributed by atoms with Crippen LogP contribution >= 0.6 is 0 Å². The summed E-state index contributed by atoms with van der Waals surface area (Å²) in [5.41, 5.74) is 0. The molecular weight excluding hydrogens is 332 g/mol. The summed E-state index contributed by atoms with van der Waals surface area (Å²) in [7, 11) is 5.99. The van der Waals surface area contributed by atoms with Gasteiger partial charge in [0.25, 0.3) is 0 Å². The lowest BCUT2D eigenvalue weighted by atomic mass is 10.1. The molecule has 0 aliphatic carbocycles. The molecule has 144 valence electrons. The summed E-state index contributed by atoms with van der Waals surface area (Å²) in [6, 6.07) is 0. The van der Waals surface area contributed by atoms with Gasteiger partial charge in [-0.1, -0.05) is 0 Å². The van der Waals surface area contributed by atoms with Gasteiger partial charge in [0.15, 0.2) is 0 Å². The maximum absolute atomic E-state index is 12.8. The predicted octanol–water partition coefficient (Wildman–Crippen LogP) is -0.526. The Labute approximate surface area is 155 Å². The third kappa shape index (κ3) is 4.42. The molecule has 0 saturated carbocycles. The first-order valence-corrected chi connectivity index (χ1v) is 9.34. The van der Waals surface area contributed by atoms with E-state index in [0.717, 1.165) is 45.1 Å². The zero-order valence-electron chi connectivity index (χ0n) is 16.1. The Balaban J connectivity index is 1.46. The first-order valence-electron chi connectivity index (χ1n) is 9.34. The summed E-state index contributed by atoms with van der Waals surface area (Å²) in [6.07, 6.45) is 4.13. The van der Waals surface area contributed by atoms with Gasteiger partial charge in [-0.3, -0.25) is 14.5 Å². The molecule has 1 aromatic rings. The molecule has 1 unspecified atom stereocenters. The molecule has 0 bridgehead atoms. The third-order valence-corrected chi connectivity index (χ3v) is 5.35. The molecule has 2 aliphatic heterocycles. The van der Waals surface area contributed by atoms with Crippen LogP contribution in [-0.4, -0.2) is 101 Å². The van der Waals surface area contributed by atoms with Crippen molar-refractivity contribution >= 4 is 11.8 Å². The average Bonchev–Trinajstić information content (AvgIpc) is 3.19. The van der Waals surface area contributed by atoms with E-state index in [4.69, 9.17) is 0 Å². The number of hydrogen-bond donors (Lipinski definition) is 0. The molecule has 0 radical (unpaired) electrons. The van der Waals surface area contributed by atoms with Crippen LogP contribution in [0.1, 0.15) is 12.2 Å². The summed E-state index contributed by atoms with van der Waals surface area (Å²) in [4.78, 5) is 37.5. The molecule has 0 N–H and O–H groups in total. The van der Waals surface area contributed by atoms with Crippen LogP contribution in [0.3, 0.4) is 0 Å². The Bertz CT molecular complexity index is 635. The number of carbonyl (C=O) groups excluding carboxylic acids is 2. The summed E-state index contributed by atoms with van der Waals surface area (Å²) in [6.45, 7) is 6.07. The predicted molar refractivity (Wildman–Crippen MR) is 98.3 cm³/mol. The lowest BCUT2D eigenvalue weighted by Gasteiger charge is -2.35. The van der Waals surface area contributed by atoms with Gasteiger partial charge in [-0.05, 0) is 14.1 Å². The van der Waals surface area contributed by atoms with Crippen molar-refractivity contribution in [1.82, 2.24) is 29.2 Å². The number of nitrogens with zero attached hydrogens (tertiary/aromatic N) is 6. The van der Waals surface area contributed by atoms with Crippen LogP contribution in [0.2, 0.25) is 0 Å². The van der Waals surface area contributed by atoms with E-state index in [1.807, 2.05) is 47.9 Å². The highest BCUT2D eigenvalue weighted by atomic mass is 16.2. The Hall–Kier alpha value is -1.93. The molecule has 1 atom stereocenters. The fourth-order valence-electron chi connectivity index (χ4n) is 3.61. The van der Waals surface area contributed by atoms with Gasteiger partial charge in [-0.15, -0.1) is 0 Å². The van der Waals surface area contributed by atoms with Gasteiger partial charge in [0.2, 0.25) is 11.8 Å². The maximum Gasteiger partial charge on any atom is 0.228 e. The number of rotatable bonds is 6. The van der Waals surface area contributed by atoms with Crippen molar-refractivity contribution in [3.8, 4) is 0 Å². The highest BCUT2D eigenvalue weighted by Crippen LogP contribution is 2.21. The summed E-state index contributed by atoms with van der Waals surface area (Å²) < 4.78 is 2.03. The number of aromatic nitrogens is 2. The number of imidazole rings is 1.